The molecule has 5 aromatic rings. The van der Waals surface area contributed by atoms with Crippen LogP contribution in [0.4, 0.5) is 14.6 Å². The first-order valence-corrected chi connectivity index (χ1v) is 14.0. The molecule has 0 amide bonds. The number of benzene rings is 2. The van der Waals surface area contributed by atoms with Gasteiger partial charge in [0.1, 0.15) is 29.0 Å². The maximum absolute atomic E-state index is 13.0. The number of carbonyl (C=O) groups is 4. The number of nitrogen functional groups attached to an aromatic ring is 1. The summed E-state index contributed by atoms with van der Waals surface area (Å²) >= 11 is 0. The van der Waals surface area contributed by atoms with E-state index in [1.54, 1.807) is 23.0 Å². The number of ketones is 3. The van der Waals surface area contributed by atoms with Gasteiger partial charge in [0.2, 0.25) is 0 Å². The first kappa shape index (κ1) is 30.1. The molecule has 7 rings (SSSR count). The predicted molar refractivity (Wildman–Crippen MR) is 158 cm³/mol. The third-order valence-corrected chi connectivity index (χ3v) is 7.15. The Kier molecular flexibility index (Phi) is 9.08. The molecule has 0 aliphatic heterocycles. The third kappa shape index (κ3) is 6.80. The molecule has 12 heteroatoms. The smallest absolute Gasteiger partial charge is 0.164 e. The second-order valence-corrected chi connectivity index (χ2v) is 10.3. The number of aromatic nitrogens is 5. The van der Waals surface area contributed by atoms with Gasteiger partial charge in [0.15, 0.2) is 17.7 Å². The fourth-order valence-corrected chi connectivity index (χ4v) is 4.88. The molecule has 0 radical (unpaired) electrons. The summed E-state index contributed by atoms with van der Waals surface area (Å²) in [5, 5.41) is 9.06. The van der Waals surface area contributed by atoms with Crippen LogP contribution in [0, 0.1) is 11.6 Å². The zero-order valence-corrected chi connectivity index (χ0v) is 23.6. The highest BCUT2D eigenvalue weighted by Gasteiger charge is 2.21. The molecule has 2 aromatic carbocycles. The van der Waals surface area contributed by atoms with E-state index in [0.717, 1.165) is 36.0 Å². The molecule has 2 aliphatic rings. The van der Waals surface area contributed by atoms with Gasteiger partial charge in [-0.15, -0.1) is 0 Å². The van der Waals surface area contributed by atoms with Gasteiger partial charge in [0.25, 0.3) is 0 Å². The van der Waals surface area contributed by atoms with Gasteiger partial charge in [-0.2, -0.15) is 10.2 Å². The summed E-state index contributed by atoms with van der Waals surface area (Å²) in [7, 11) is 0. The number of anilines is 1. The SMILES string of the molecule is Nc1c(C=O)cnn1-c1ccc(F)cc1.O=C1CCCC(=O)C1.O=C1CCCc2nc3c(cnn3-c3ccc(F)cc3)cc21. The van der Waals surface area contributed by atoms with E-state index in [1.165, 1.54) is 47.3 Å². The Balaban J connectivity index is 0.000000145. The van der Waals surface area contributed by atoms with E-state index >= 15 is 0 Å². The van der Waals surface area contributed by atoms with Crippen molar-refractivity contribution >= 4 is 40.5 Å². The largest absolute Gasteiger partial charge is 0.383 e. The Morgan fingerprint density at radius 2 is 1.32 bits per heavy atom. The topological polar surface area (TPSA) is 143 Å². The zero-order valence-electron chi connectivity index (χ0n) is 23.6. The van der Waals surface area contributed by atoms with Crippen molar-refractivity contribution in [3.8, 4) is 11.4 Å². The van der Waals surface area contributed by atoms with Crippen molar-refractivity contribution in [2.75, 3.05) is 5.73 Å². The summed E-state index contributed by atoms with van der Waals surface area (Å²) in [6.45, 7) is 0. The number of fused-ring (bicyclic) bond motifs is 2. The minimum atomic E-state index is -0.333. The summed E-state index contributed by atoms with van der Waals surface area (Å²) in [6.07, 6.45) is 8.13. The van der Waals surface area contributed by atoms with Crippen molar-refractivity contribution in [3.05, 3.63) is 95.4 Å². The molecule has 0 spiro atoms. The quantitative estimate of drug-likeness (QED) is 0.221. The van der Waals surface area contributed by atoms with E-state index in [1.807, 2.05) is 6.07 Å². The van der Waals surface area contributed by atoms with Gasteiger partial charge in [-0.05, 0) is 73.9 Å². The fraction of sp³-hybridized carbons (Fsp3) is 0.219. The Labute approximate surface area is 250 Å². The average molecular weight is 599 g/mol. The van der Waals surface area contributed by atoms with E-state index < -0.39 is 0 Å². The van der Waals surface area contributed by atoms with E-state index in [4.69, 9.17) is 5.73 Å². The molecule has 0 bridgehead atoms. The van der Waals surface area contributed by atoms with Gasteiger partial charge < -0.3 is 5.73 Å². The van der Waals surface area contributed by atoms with Crippen molar-refractivity contribution in [2.45, 2.75) is 44.9 Å². The number of aryl methyl sites for hydroxylation is 1. The summed E-state index contributed by atoms with van der Waals surface area (Å²) in [5.74, 6) is 0.00512. The molecule has 3 aromatic heterocycles. The van der Waals surface area contributed by atoms with Gasteiger partial charge in [-0.3, -0.25) is 19.2 Å². The van der Waals surface area contributed by atoms with Crippen LogP contribution in [0.3, 0.4) is 0 Å². The first-order valence-electron chi connectivity index (χ1n) is 14.0. The van der Waals surface area contributed by atoms with Crippen LogP contribution in [-0.2, 0) is 16.0 Å². The summed E-state index contributed by atoms with van der Waals surface area (Å²) in [6, 6.07) is 13.7. The Morgan fingerprint density at radius 1 is 0.750 bits per heavy atom. The Hall–Kier alpha value is -5.39. The molecule has 3 heterocycles. The lowest BCUT2D eigenvalue weighted by Crippen LogP contribution is -2.13. The highest BCUT2D eigenvalue weighted by atomic mass is 19.1. The molecule has 44 heavy (non-hydrogen) atoms. The summed E-state index contributed by atoms with van der Waals surface area (Å²) in [5.41, 5.74) is 9.60. The van der Waals surface area contributed by atoms with Crippen molar-refractivity contribution < 1.29 is 28.0 Å². The van der Waals surface area contributed by atoms with Gasteiger partial charge >= 0.3 is 0 Å². The highest BCUT2D eigenvalue weighted by Crippen LogP contribution is 2.25. The standard InChI is InChI=1S/C16H12FN3O.C10H8FN3O.C6H8O2/c17-11-4-6-12(7-5-11)20-16-10(9-18-20)8-13-14(19-16)2-1-3-15(13)21;11-8-1-3-9(4-2-8)14-10(12)7(6-15)5-13-14;7-5-2-1-3-6(8)4-5/h4-9H,1-3H2;1-6H,12H2;1-4H2. The Morgan fingerprint density at radius 3 is 1.86 bits per heavy atom. The number of carbonyl (C=O) groups excluding carboxylic acids is 4. The normalized spacial score (nSPS) is 14.3. The van der Waals surface area contributed by atoms with Crippen molar-refractivity contribution in [1.29, 1.82) is 0 Å². The van der Waals surface area contributed by atoms with Gasteiger partial charge in [0.05, 0.1) is 41.4 Å². The van der Waals surface area contributed by atoms with Crippen LogP contribution >= 0.6 is 0 Å². The Bertz CT molecular complexity index is 1830. The van der Waals surface area contributed by atoms with Crippen LogP contribution < -0.4 is 5.73 Å². The minimum absolute atomic E-state index is 0.112. The summed E-state index contributed by atoms with van der Waals surface area (Å²) in [4.78, 5) is 48.0. The van der Waals surface area contributed by atoms with E-state index in [9.17, 15) is 28.0 Å². The molecule has 1 fully saturated rings. The fourth-order valence-electron chi connectivity index (χ4n) is 4.88. The van der Waals surface area contributed by atoms with Crippen LogP contribution in [0.5, 0.6) is 0 Å². The van der Waals surface area contributed by atoms with Crippen LogP contribution in [0.15, 0.2) is 67.0 Å². The number of nitrogens with zero attached hydrogens (tertiary/aromatic N) is 5. The summed E-state index contributed by atoms with van der Waals surface area (Å²) < 4.78 is 28.7. The van der Waals surface area contributed by atoms with Crippen LogP contribution in [0.1, 0.15) is 64.9 Å². The lowest BCUT2D eigenvalue weighted by Gasteiger charge is -2.13. The predicted octanol–water partition coefficient (Wildman–Crippen LogP) is 5.18. The number of hydrogen-bond acceptors (Lipinski definition) is 8. The van der Waals surface area contributed by atoms with Gasteiger partial charge in [-0.25, -0.2) is 23.1 Å². The van der Waals surface area contributed by atoms with Gasteiger partial charge in [-0.1, -0.05) is 0 Å². The third-order valence-electron chi connectivity index (χ3n) is 7.15. The van der Waals surface area contributed by atoms with Crippen LogP contribution in [0.25, 0.3) is 22.4 Å². The number of aldehydes is 1. The lowest BCUT2D eigenvalue weighted by atomic mass is 9.94. The highest BCUT2D eigenvalue weighted by molar-refractivity contribution is 6.01. The zero-order chi connectivity index (χ0) is 31.2. The molecule has 1 saturated carbocycles. The molecule has 0 saturated heterocycles. The number of pyridine rings is 1. The second-order valence-electron chi connectivity index (χ2n) is 10.3. The number of nitrogens with two attached hydrogens (primary N) is 1. The molecule has 224 valence electrons. The molecule has 0 unspecified atom stereocenters. The van der Waals surface area contributed by atoms with E-state index in [-0.39, 0.29) is 41.2 Å². The maximum atomic E-state index is 13.0. The monoisotopic (exact) mass is 598 g/mol. The van der Waals surface area contributed by atoms with Crippen molar-refractivity contribution in [3.63, 3.8) is 0 Å². The molecule has 2 N–H and O–H groups in total. The second kappa shape index (κ2) is 13.3. The molecule has 10 nitrogen and oxygen atoms in total. The number of hydrogen-bond donors (Lipinski definition) is 1. The van der Waals surface area contributed by atoms with Crippen molar-refractivity contribution in [2.24, 2.45) is 0 Å². The first-order chi connectivity index (χ1) is 21.2. The average Bonchev–Trinajstić information content (AvgIpc) is 3.60. The number of halogens is 2. The molecular weight excluding hydrogens is 570 g/mol. The number of Topliss-reactive ketones (excluding diaryl/α,β-unsaturated/α-hetero) is 3. The van der Waals surface area contributed by atoms with E-state index in [2.05, 4.69) is 15.2 Å². The van der Waals surface area contributed by atoms with Crippen LogP contribution in [-0.4, -0.2) is 48.2 Å². The van der Waals surface area contributed by atoms with Gasteiger partial charge in [0, 0.05) is 30.2 Å². The minimum Gasteiger partial charge on any atom is -0.383 e. The molecule has 2 aliphatic carbocycles. The number of rotatable bonds is 3. The van der Waals surface area contributed by atoms with Crippen molar-refractivity contribution in [1.82, 2.24) is 24.5 Å². The molecular formula is C32H28F2N6O4. The lowest BCUT2D eigenvalue weighted by molar-refractivity contribution is -0.129. The van der Waals surface area contributed by atoms with Crippen LogP contribution in [0.2, 0.25) is 0 Å². The molecule has 0 atom stereocenters. The van der Waals surface area contributed by atoms with E-state index in [0.29, 0.717) is 48.0 Å². The maximum Gasteiger partial charge on any atom is 0.164 e.